The van der Waals surface area contributed by atoms with Crippen LogP contribution in [0.3, 0.4) is 0 Å². The van der Waals surface area contributed by atoms with Crippen molar-refractivity contribution < 1.29 is 0 Å². The summed E-state index contributed by atoms with van der Waals surface area (Å²) in [5, 5.41) is 0. The second-order valence-electron chi connectivity index (χ2n) is 3.43. The van der Waals surface area contributed by atoms with Gasteiger partial charge >= 0.3 is 5.69 Å². The minimum atomic E-state index is -0.408. The van der Waals surface area contributed by atoms with Gasteiger partial charge in [-0.2, -0.15) is 0 Å². The number of allylic oxidation sites excluding steroid dienone is 1. The maximum absolute atomic E-state index is 11.9. The Bertz CT molecular complexity index is 511. The maximum atomic E-state index is 11.9. The average molecular weight is 223 g/mol. The lowest BCUT2D eigenvalue weighted by Gasteiger charge is -2.14. The van der Waals surface area contributed by atoms with Gasteiger partial charge < -0.3 is 5.73 Å². The molecule has 5 heteroatoms. The second kappa shape index (κ2) is 4.83. The quantitative estimate of drug-likeness (QED) is 0.749. The normalized spacial score (nSPS) is 10.4. The zero-order valence-corrected chi connectivity index (χ0v) is 9.69. The van der Waals surface area contributed by atoms with Crippen LogP contribution in [0.25, 0.3) is 0 Å². The van der Waals surface area contributed by atoms with Gasteiger partial charge in [0, 0.05) is 19.5 Å². The van der Waals surface area contributed by atoms with E-state index in [-0.39, 0.29) is 11.4 Å². The minimum absolute atomic E-state index is 0.142. The van der Waals surface area contributed by atoms with E-state index in [1.807, 2.05) is 6.92 Å². The van der Waals surface area contributed by atoms with Crippen molar-refractivity contribution in [2.24, 2.45) is 0 Å². The first kappa shape index (κ1) is 12.3. The van der Waals surface area contributed by atoms with Crippen LogP contribution in [0.15, 0.2) is 22.2 Å². The molecule has 0 atom stereocenters. The molecule has 0 fully saturated rings. The standard InChI is InChI=1S/C11H17N3O2/c1-4-7-8-9(12)10(15)14(6-3)11(16)13(8)5-2/h4H,1,5-7,12H2,2-3H3. The van der Waals surface area contributed by atoms with E-state index in [4.69, 9.17) is 5.73 Å². The van der Waals surface area contributed by atoms with Gasteiger partial charge in [0.05, 0.1) is 5.69 Å². The maximum Gasteiger partial charge on any atom is 0.331 e. The van der Waals surface area contributed by atoms with Crippen LogP contribution < -0.4 is 17.0 Å². The zero-order chi connectivity index (χ0) is 12.3. The smallest absolute Gasteiger partial charge is 0.331 e. The monoisotopic (exact) mass is 223 g/mol. The zero-order valence-electron chi connectivity index (χ0n) is 9.69. The molecule has 0 aromatic carbocycles. The van der Waals surface area contributed by atoms with E-state index in [0.717, 1.165) is 4.57 Å². The number of nitrogen functional groups attached to an aromatic ring is 1. The SMILES string of the molecule is C=CCc1c(N)c(=O)n(CC)c(=O)n1CC. The van der Waals surface area contributed by atoms with Gasteiger partial charge in [-0.1, -0.05) is 6.08 Å². The lowest BCUT2D eigenvalue weighted by Crippen LogP contribution is -2.42. The summed E-state index contributed by atoms with van der Waals surface area (Å²) in [5.41, 5.74) is 5.73. The Morgan fingerprint density at radius 3 is 2.25 bits per heavy atom. The number of hydrogen-bond acceptors (Lipinski definition) is 3. The summed E-state index contributed by atoms with van der Waals surface area (Å²) in [6, 6.07) is 0. The van der Waals surface area contributed by atoms with Crippen LogP contribution in [0.5, 0.6) is 0 Å². The van der Waals surface area contributed by atoms with E-state index in [2.05, 4.69) is 6.58 Å². The van der Waals surface area contributed by atoms with Crippen LogP contribution in [0.4, 0.5) is 5.69 Å². The molecule has 88 valence electrons. The molecule has 0 saturated heterocycles. The van der Waals surface area contributed by atoms with Crippen LogP contribution in [0.1, 0.15) is 19.5 Å². The first-order chi connectivity index (χ1) is 7.58. The van der Waals surface area contributed by atoms with Gasteiger partial charge in [0.1, 0.15) is 5.69 Å². The van der Waals surface area contributed by atoms with Gasteiger partial charge in [0.25, 0.3) is 5.56 Å². The molecule has 0 bridgehead atoms. The Balaban J connectivity index is 3.70. The van der Waals surface area contributed by atoms with E-state index in [0.29, 0.717) is 25.2 Å². The van der Waals surface area contributed by atoms with Crippen molar-refractivity contribution in [1.29, 1.82) is 0 Å². The summed E-state index contributed by atoms with van der Waals surface area (Å²) in [7, 11) is 0. The van der Waals surface area contributed by atoms with Crippen molar-refractivity contribution in [2.75, 3.05) is 5.73 Å². The summed E-state index contributed by atoms with van der Waals surface area (Å²) < 4.78 is 2.66. The van der Waals surface area contributed by atoms with E-state index in [9.17, 15) is 9.59 Å². The molecule has 0 saturated carbocycles. The van der Waals surface area contributed by atoms with Gasteiger partial charge in [-0.25, -0.2) is 4.79 Å². The van der Waals surface area contributed by atoms with Crippen LogP contribution in [0, 0.1) is 0 Å². The number of anilines is 1. The van der Waals surface area contributed by atoms with Crippen LogP contribution >= 0.6 is 0 Å². The summed E-state index contributed by atoms with van der Waals surface area (Å²) in [4.78, 5) is 23.7. The highest BCUT2D eigenvalue weighted by atomic mass is 16.2. The first-order valence-electron chi connectivity index (χ1n) is 5.31. The number of rotatable bonds is 4. The van der Waals surface area contributed by atoms with Crippen molar-refractivity contribution >= 4 is 5.69 Å². The summed E-state index contributed by atoms with van der Waals surface area (Å²) in [5.74, 6) is 0. The number of aromatic nitrogens is 2. The number of hydrogen-bond donors (Lipinski definition) is 1. The van der Waals surface area contributed by atoms with Crippen molar-refractivity contribution in [3.63, 3.8) is 0 Å². The number of nitrogens with two attached hydrogens (primary N) is 1. The highest BCUT2D eigenvalue weighted by Crippen LogP contribution is 2.05. The first-order valence-corrected chi connectivity index (χ1v) is 5.31. The topological polar surface area (TPSA) is 70.0 Å². The Labute approximate surface area is 93.8 Å². The molecular weight excluding hydrogens is 206 g/mol. The third kappa shape index (κ3) is 1.80. The summed E-state index contributed by atoms with van der Waals surface area (Å²) in [6.07, 6.45) is 2.06. The lowest BCUT2D eigenvalue weighted by atomic mass is 10.2. The van der Waals surface area contributed by atoms with Crippen molar-refractivity contribution in [1.82, 2.24) is 9.13 Å². The number of nitrogens with zero attached hydrogens (tertiary/aromatic N) is 2. The lowest BCUT2D eigenvalue weighted by molar-refractivity contribution is 0.573. The molecule has 16 heavy (non-hydrogen) atoms. The summed E-state index contributed by atoms with van der Waals surface area (Å²) in [6.45, 7) is 8.01. The largest absolute Gasteiger partial charge is 0.393 e. The van der Waals surface area contributed by atoms with E-state index in [1.165, 1.54) is 4.57 Å². The fourth-order valence-electron chi connectivity index (χ4n) is 1.72. The van der Waals surface area contributed by atoms with Gasteiger partial charge in [-0.05, 0) is 13.8 Å². The molecule has 1 aromatic heterocycles. The van der Waals surface area contributed by atoms with Crippen molar-refractivity contribution in [3.8, 4) is 0 Å². The predicted octanol–water partition coefficient (Wildman–Crippen LogP) is 0.360. The molecule has 1 rings (SSSR count). The third-order valence-electron chi connectivity index (χ3n) is 2.54. The third-order valence-corrected chi connectivity index (χ3v) is 2.54. The molecule has 0 aliphatic rings. The molecule has 0 spiro atoms. The highest BCUT2D eigenvalue weighted by molar-refractivity contribution is 5.41. The van der Waals surface area contributed by atoms with Gasteiger partial charge in [0.15, 0.2) is 0 Å². The molecule has 0 radical (unpaired) electrons. The van der Waals surface area contributed by atoms with Crippen LogP contribution in [-0.4, -0.2) is 9.13 Å². The Morgan fingerprint density at radius 2 is 1.81 bits per heavy atom. The van der Waals surface area contributed by atoms with Crippen molar-refractivity contribution in [2.45, 2.75) is 33.4 Å². The predicted molar refractivity (Wildman–Crippen MR) is 64.6 cm³/mol. The van der Waals surface area contributed by atoms with E-state index < -0.39 is 5.56 Å². The molecule has 1 aromatic rings. The second-order valence-corrected chi connectivity index (χ2v) is 3.43. The van der Waals surface area contributed by atoms with Gasteiger partial charge in [-0.15, -0.1) is 6.58 Å². The molecule has 0 aliphatic carbocycles. The Kier molecular flexibility index (Phi) is 3.71. The molecule has 0 amide bonds. The molecule has 1 heterocycles. The van der Waals surface area contributed by atoms with E-state index in [1.54, 1.807) is 13.0 Å². The molecule has 0 unspecified atom stereocenters. The highest BCUT2D eigenvalue weighted by Gasteiger charge is 2.13. The van der Waals surface area contributed by atoms with Gasteiger partial charge in [0.2, 0.25) is 0 Å². The fourth-order valence-corrected chi connectivity index (χ4v) is 1.72. The Hall–Kier alpha value is -1.78. The van der Waals surface area contributed by atoms with Gasteiger partial charge in [-0.3, -0.25) is 13.9 Å². The van der Waals surface area contributed by atoms with E-state index >= 15 is 0 Å². The molecule has 5 nitrogen and oxygen atoms in total. The fraction of sp³-hybridized carbons (Fsp3) is 0.455. The van der Waals surface area contributed by atoms with Crippen LogP contribution in [-0.2, 0) is 19.5 Å². The van der Waals surface area contributed by atoms with Crippen molar-refractivity contribution in [3.05, 3.63) is 39.2 Å². The molecular formula is C11H17N3O2. The minimum Gasteiger partial charge on any atom is -0.393 e. The molecule has 0 aliphatic heterocycles. The Morgan fingerprint density at radius 1 is 1.25 bits per heavy atom. The summed E-state index contributed by atoms with van der Waals surface area (Å²) >= 11 is 0. The molecule has 2 N–H and O–H groups in total. The van der Waals surface area contributed by atoms with Crippen LogP contribution in [0.2, 0.25) is 0 Å². The average Bonchev–Trinajstić information content (AvgIpc) is 2.27.